The first kappa shape index (κ1) is 14.9. The maximum atomic E-state index is 11.7. The second-order valence-corrected chi connectivity index (χ2v) is 4.16. The fraction of sp³-hybridized carbons (Fsp3) is 0.462. The van der Waals surface area contributed by atoms with Crippen molar-refractivity contribution in [1.82, 2.24) is 0 Å². The molecule has 0 aromatic heterocycles. The Kier molecular flexibility index (Phi) is 5.29. The minimum absolute atomic E-state index is 0.0453. The maximum absolute atomic E-state index is 11.7. The minimum Gasteiger partial charge on any atom is -0.493 e. The van der Waals surface area contributed by atoms with Crippen molar-refractivity contribution < 1.29 is 19.2 Å². The van der Waals surface area contributed by atoms with Crippen LogP contribution in [0.1, 0.15) is 20.3 Å². The van der Waals surface area contributed by atoms with Gasteiger partial charge in [0.1, 0.15) is 6.61 Å². The monoisotopic (exact) mass is 267 g/mol. The zero-order valence-corrected chi connectivity index (χ0v) is 11.2. The first-order valence-corrected chi connectivity index (χ1v) is 5.97. The first-order valence-electron chi connectivity index (χ1n) is 5.97. The van der Waals surface area contributed by atoms with Gasteiger partial charge in [-0.15, -0.1) is 0 Å². The second-order valence-electron chi connectivity index (χ2n) is 4.16. The standard InChI is InChI=1S/C13H17NO5/c1-4-9(2)11(15)8-19-13-7-10(14(16)17)5-6-12(13)18-3/h5-7,9H,4,8H2,1-3H3. The van der Waals surface area contributed by atoms with Crippen molar-refractivity contribution in [1.29, 1.82) is 0 Å². The molecule has 1 unspecified atom stereocenters. The van der Waals surface area contributed by atoms with E-state index in [9.17, 15) is 14.9 Å². The highest BCUT2D eigenvalue weighted by atomic mass is 16.6. The Morgan fingerprint density at radius 2 is 2.11 bits per heavy atom. The molecule has 0 amide bonds. The zero-order chi connectivity index (χ0) is 14.4. The lowest BCUT2D eigenvalue weighted by molar-refractivity contribution is -0.385. The number of nitro benzene ring substituents is 1. The van der Waals surface area contributed by atoms with Gasteiger partial charge in [0.2, 0.25) is 0 Å². The Hall–Kier alpha value is -2.11. The number of nitro groups is 1. The molecule has 0 aliphatic heterocycles. The largest absolute Gasteiger partial charge is 0.493 e. The third-order valence-electron chi connectivity index (χ3n) is 2.89. The van der Waals surface area contributed by atoms with Gasteiger partial charge in [0, 0.05) is 12.0 Å². The van der Waals surface area contributed by atoms with Crippen molar-refractivity contribution in [3.63, 3.8) is 0 Å². The van der Waals surface area contributed by atoms with E-state index < -0.39 is 4.92 Å². The highest BCUT2D eigenvalue weighted by molar-refractivity contribution is 5.82. The van der Waals surface area contributed by atoms with E-state index in [-0.39, 0.29) is 29.7 Å². The van der Waals surface area contributed by atoms with Crippen molar-refractivity contribution in [3.8, 4) is 11.5 Å². The number of hydrogen-bond donors (Lipinski definition) is 0. The van der Waals surface area contributed by atoms with E-state index in [0.717, 1.165) is 6.42 Å². The third kappa shape index (κ3) is 3.94. The Bertz CT molecular complexity index is 472. The number of ketones is 1. The summed E-state index contributed by atoms with van der Waals surface area (Å²) < 4.78 is 10.4. The van der Waals surface area contributed by atoms with Crippen molar-refractivity contribution >= 4 is 11.5 Å². The van der Waals surface area contributed by atoms with Crippen molar-refractivity contribution in [3.05, 3.63) is 28.3 Å². The molecule has 0 spiro atoms. The summed E-state index contributed by atoms with van der Waals surface area (Å²) in [7, 11) is 1.44. The molecule has 0 heterocycles. The molecule has 6 heteroatoms. The second kappa shape index (κ2) is 6.72. The Balaban J connectivity index is 2.83. The van der Waals surface area contributed by atoms with E-state index in [1.54, 1.807) is 0 Å². The van der Waals surface area contributed by atoms with Crippen LogP contribution in [0.5, 0.6) is 11.5 Å². The molecule has 0 N–H and O–H groups in total. The summed E-state index contributed by atoms with van der Waals surface area (Å²) >= 11 is 0. The van der Waals surface area contributed by atoms with Crippen LogP contribution in [0.2, 0.25) is 0 Å². The lowest BCUT2D eigenvalue weighted by Crippen LogP contribution is -2.18. The van der Waals surface area contributed by atoms with Gasteiger partial charge >= 0.3 is 0 Å². The van der Waals surface area contributed by atoms with E-state index in [1.807, 2.05) is 13.8 Å². The topological polar surface area (TPSA) is 78.7 Å². The Morgan fingerprint density at radius 1 is 1.42 bits per heavy atom. The number of methoxy groups -OCH3 is 1. The summed E-state index contributed by atoms with van der Waals surface area (Å²) in [4.78, 5) is 21.8. The fourth-order valence-corrected chi connectivity index (χ4v) is 1.41. The van der Waals surface area contributed by atoms with Crippen molar-refractivity contribution in [2.45, 2.75) is 20.3 Å². The lowest BCUT2D eigenvalue weighted by atomic mass is 10.0. The summed E-state index contributed by atoms with van der Waals surface area (Å²) in [5, 5.41) is 10.7. The molecule has 0 saturated heterocycles. The predicted molar refractivity (Wildman–Crippen MR) is 69.6 cm³/mol. The molecule has 6 nitrogen and oxygen atoms in total. The van der Waals surface area contributed by atoms with Gasteiger partial charge in [-0.2, -0.15) is 0 Å². The van der Waals surface area contributed by atoms with E-state index >= 15 is 0 Å². The number of ether oxygens (including phenoxy) is 2. The lowest BCUT2D eigenvalue weighted by Gasteiger charge is -2.11. The van der Waals surface area contributed by atoms with E-state index in [2.05, 4.69) is 0 Å². The summed E-state index contributed by atoms with van der Waals surface area (Å²) in [6.45, 7) is 3.61. The number of benzene rings is 1. The van der Waals surface area contributed by atoms with Crippen LogP contribution in [0.15, 0.2) is 18.2 Å². The first-order chi connectivity index (χ1) is 8.99. The highest BCUT2D eigenvalue weighted by Gasteiger charge is 2.16. The number of rotatable bonds is 7. The molecule has 1 aromatic carbocycles. The average Bonchev–Trinajstić information content (AvgIpc) is 2.43. The molecule has 0 aliphatic carbocycles. The normalized spacial score (nSPS) is 11.7. The minimum atomic E-state index is -0.525. The van der Waals surface area contributed by atoms with Gasteiger partial charge in [-0.3, -0.25) is 14.9 Å². The molecule has 0 radical (unpaired) electrons. The van der Waals surface area contributed by atoms with Gasteiger partial charge in [0.05, 0.1) is 18.1 Å². The molecule has 1 aromatic rings. The number of Topliss-reactive ketones (excluding diaryl/α,β-unsaturated/α-hetero) is 1. The molecule has 0 aliphatic rings. The highest BCUT2D eigenvalue weighted by Crippen LogP contribution is 2.31. The molecule has 0 fully saturated rings. The van der Waals surface area contributed by atoms with E-state index in [1.165, 1.54) is 25.3 Å². The molecule has 19 heavy (non-hydrogen) atoms. The van der Waals surface area contributed by atoms with Gasteiger partial charge in [0.15, 0.2) is 17.3 Å². The van der Waals surface area contributed by atoms with Crippen LogP contribution < -0.4 is 9.47 Å². The van der Waals surface area contributed by atoms with Crippen molar-refractivity contribution in [2.75, 3.05) is 13.7 Å². The van der Waals surface area contributed by atoms with Gasteiger partial charge in [0.25, 0.3) is 5.69 Å². The fourth-order valence-electron chi connectivity index (χ4n) is 1.41. The van der Waals surface area contributed by atoms with Crippen LogP contribution >= 0.6 is 0 Å². The number of nitrogens with zero attached hydrogens (tertiary/aromatic N) is 1. The van der Waals surface area contributed by atoms with Gasteiger partial charge in [-0.25, -0.2) is 0 Å². The summed E-state index contributed by atoms with van der Waals surface area (Å²) in [5.41, 5.74) is -0.105. The van der Waals surface area contributed by atoms with Crippen molar-refractivity contribution in [2.24, 2.45) is 5.92 Å². The maximum Gasteiger partial charge on any atom is 0.273 e. The van der Waals surface area contributed by atoms with Crippen LogP contribution in [0.25, 0.3) is 0 Å². The average molecular weight is 267 g/mol. The van der Waals surface area contributed by atoms with Crippen LogP contribution in [0.4, 0.5) is 5.69 Å². The molecular weight excluding hydrogens is 250 g/mol. The number of carbonyl (C=O) groups is 1. The summed E-state index contributed by atoms with van der Waals surface area (Å²) in [5.74, 6) is 0.427. The third-order valence-corrected chi connectivity index (χ3v) is 2.89. The number of hydrogen-bond acceptors (Lipinski definition) is 5. The Morgan fingerprint density at radius 3 is 2.63 bits per heavy atom. The van der Waals surface area contributed by atoms with Crippen LogP contribution in [-0.2, 0) is 4.79 Å². The zero-order valence-electron chi connectivity index (χ0n) is 11.2. The van der Waals surface area contributed by atoms with Gasteiger partial charge in [-0.1, -0.05) is 13.8 Å². The molecule has 1 atom stereocenters. The predicted octanol–water partition coefficient (Wildman–Crippen LogP) is 2.60. The van der Waals surface area contributed by atoms with E-state index in [0.29, 0.717) is 5.75 Å². The van der Waals surface area contributed by atoms with Gasteiger partial charge in [-0.05, 0) is 12.5 Å². The SMILES string of the molecule is CCC(C)C(=O)COc1cc([N+](=O)[O-])ccc1OC. The molecule has 1 rings (SSSR count). The van der Waals surface area contributed by atoms with Crippen LogP contribution in [0.3, 0.4) is 0 Å². The van der Waals surface area contributed by atoms with Crippen LogP contribution in [0, 0.1) is 16.0 Å². The van der Waals surface area contributed by atoms with E-state index in [4.69, 9.17) is 9.47 Å². The van der Waals surface area contributed by atoms with Crippen LogP contribution in [-0.4, -0.2) is 24.4 Å². The molecular formula is C13H17NO5. The Labute approximate surface area is 111 Å². The number of carbonyl (C=O) groups excluding carboxylic acids is 1. The molecule has 0 saturated carbocycles. The summed E-state index contributed by atoms with van der Waals surface area (Å²) in [6, 6.07) is 4.02. The van der Waals surface area contributed by atoms with Gasteiger partial charge < -0.3 is 9.47 Å². The molecule has 0 bridgehead atoms. The molecule has 104 valence electrons. The number of non-ortho nitro benzene ring substituents is 1. The smallest absolute Gasteiger partial charge is 0.273 e. The summed E-state index contributed by atoms with van der Waals surface area (Å²) in [6.07, 6.45) is 0.730. The quantitative estimate of drug-likeness (QED) is 0.560.